The van der Waals surface area contributed by atoms with Crippen LogP contribution in [0.25, 0.3) is 11.2 Å². The highest BCUT2D eigenvalue weighted by molar-refractivity contribution is 7.98. The number of hydrogen-bond donors (Lipinski definition) is 2. The third-order valence-electron chi connectivity index (χ3n) is 2.43. The zero-order valence-electron chi connectivity index (χ0n) is 10.1. The van der Waals surface area contributed by atoms with Gasteiger partial charge in [0.15, 0.2) is 5.65 Å². The van der Waals surface area contributed by atoms with Crippen LogP contribution >= 0.6 is 11.8 Å². The van der Waals surface area contributed by atoms with E-state index in [2.05, 4.69) is 30.2 Å². The van der Waals surface area contributed by atoms with Crippen LogP contribution in [-0.2, 0) is 17.1 Å². The van der Waals surface area contributed by atoms with Crippen LogP contribution in [0.2, 0.25) is 0 Å². The van der Waals surface area contributed by atoms with Crippen molar-refractivity contribution in [2.45, 2.75) is 17.3 Å². The molecule has 0 saturated heterocycles. The largest absolute Gasteiger partial charge is 0.480 e. The summed E-state index contributed by atoms with van der Waals surface area (Å²) in [7, 11) is 0. The number of carboxylic acids is 1. The molecule has 0 atom stereocenters. The number of aromatic nitrogens is 7. The van der Waals surface area contributed by atoms with Gasteiger partial charge in [0.25, 0.3) is 0 Å². The molecule has 3 rings (SSSR count). The molecule has 9 nitrogen and oxygen atoms in total. The highest BCUT2D eigenvalue weighted by Crippen LogP contribution is 2.24. The fourth-order valence-electron chi connectivity index (χ4n) is 1.62. The Morgan fingerprint density at radius 3 is 3.15 bits per heavy atom. The zero-order chi connectivity index (χ0) is 13.9. The highest BCUT2D eigenvalue weighted by atomic mass is 32.2. The summed E-state index contributed by atoms with van der Waals surface area (Å²) < 4.78 is 1.28. The molecule has 0 unspecified atom stereocenters. The number of fused-ring (bicyclic) bond motifs is 1. The molecule has 10 heteroatoms. The van der Waals surface area contributed by atoms with E-state index in [0.717, 1.165) is 10.5 Å². The fourth-order valence-corrected chi connectivity index (χ4v) is 2.45. The Hall–Kier alpha value is -2.49. The van der Waals surface area contributed by atoms with Crippen molar-refractivity contribution in [2.24, 2.45) is 0 Å². The van der Waals surface area contributed by atoms with Gasteiger partial charge < -0.3 is 10.1 Å². The summed E-state index contributed by atoms with van der Waals surface area (Å²) >= 11 is 1.45. The monoisotopic (exact) mass is 291 g/mol. The summed E-state index contributed by atoms with van der Waals surface area (Å²) in [5.41, 5.74) is 2.06. The summed E-state index contributed by atoms with van der Waals surface area (Å²) in [5.74, 6) is -0.422. The van der Waals surface area contributed by atoms with E-state index >= 15 is 0 Å². The lowest BCUT2D eigenvalue weighted by Gasteiger charge is -1.98. The van der Waals surface area contributed by atoms with Crippen molar-refractivity contribution in [2.75, 3.05) is 0 Å². The van der Waals surface area contributed by atoms with Gasteiger partial charge in [-0.2, -0.15) is 0 Å². The zero-order valence-corrected chi connectivity index (χ0v) is 10.9. The predicted octanol–water partition coefficient (Wildman–Crippen LogP) is 0.321. The number of nitrogens with one attached hydrogen (secondary N) is 1. The predicted molar refractivity (Wildman–Crippen MR) is 68.9 cm³/mol. The quantitative estimate of drug-likeness (QED) is 0.509. The Bertz CT molecular complexity index is 753. The van der Waals surface area contributed by atoms with Gasteiger partial charge in [0.2, 0.25) is 0 Å². The number of imidazole rings is 1. The van der Waals surface area contributed by atoms with Crippen LogP contribution in [0.5, 0.6) is 0 Å². The molecule has 0 spiro atoms. The SMILES string of the molecule is O=C(O)Cn1cc(CSc2ncnc3nc[nH]c23)nn1. The first-order valence-electron chi connectivity index (χ1n) is 5.60. The van der Waals surface area contributed by atoms with E-state index in [9.17, 15) is 4.79 Å². The summed E-state index contributed by atoms with van der Waals surface area (Å²) in [6.07, 6.45) is 4.62. The van der Waals surface area contributed by atoms with Gasteiger partial charge in [-0.05, 0) is 0 Å². The Labute approximate surface area is 116 Å². The third-order valence-corrected chi connectivity index (χ3v) is 3.45. The van der Waals surface area contributed by atoms with Crippen LogP contribution in [0.4, 0.5) is 0 Å². The Morgan fingerprint density at radius 2 is 2.30 bits per heavy atom. The van der Waals surface area contributed by atoms with Crippen LogP contribution < -0.4 is 0 Å². The van der Waals surface area contributed by atoms with Crippen molar-refractivity contribution < 1.29 is 9.90 Å². The molecule has 3 aromatic rings. The van der Waals surface area contributed by atoms with E-state index in [4.69, 9.17) is 5.11 Å². The Balaban J connectivity index is 1.71. The number of nitrogens with zero attached hydrogens (tertiary/aromatic N) is 6. The molecule has 0 aliphatic heterocycles. The van der Waals surface area contributed by atoms with Gasteiger partial charge in [-0.1, -0.05) is 17.0 Å². The van der Waals surface area contributed by atoms with Crippen molar-refractivity contribution in [1.29, 1.82) is 0 Å². The van der Waals surface area contributed by atoms with Gasteiger partial charge in [0.1, 0.15) is 23.4 Å². The van der Waals surface area contributed by atoms with Gasteiger partial charge in [0.05, 0.1) is 12.0 Å². The molecule has 3 heterocycles. The molecule has 3 aromatic heterocycles. The van der Waals surface area contributed by atoms with Gasteiger partial charge in [0, 0.05) is 11.9 Å². The van der Waals surface area contributed by atoms with Gasteiger partial charge in [-0.15, -0.1) is 5.10 Å². The number of aromatic amines is 1. The molecule has 0 fully saturated rings. The number of aliphatic carboxylic acids is 1. The first kappa shape index (κ1) is 12.5. The first-order valence-corrected chi connectivity index (χ1v) is 6.58. The average Bonchev–Trinajstić information content (AvgIpc) is 3.04. The Kier molecular flexibility index (Phi) is 3.29. The smallest absolute Gasteiger partial charge is 0.325 e. The number of carboxylic acid groups (broad SMARTS) is 1. The molecule has 0 amide bonds. The van der Waals surface area contributed by atoms with E-state index in [1.807, 2.05) is 0 Å². The lowest BCUT2D eigenvalue weighted by atomic mass is 10.5. The van der Waals surface area contributed by atoms with Gasteiger partial charge in [-0.3, -0.25) is 4.79 Å². The minimum atomic E-state index is -0.955. The second-order valence-electron chi connectivity index (χ2n) is 3.87. The van der Waals surface area contributed by atoms with Crippen molar-refractivity contribution in [1.82, 2.24) is 34.9 Å². The third kappa shape index (κ3) is 2.59. The van der Waals surface area contributed by atoms with E-state index < -0.39 is 5.97 Å². The number of H-pyrrole nitrogens is 1. The topological polar surface area (TPSA) is 122 Å². The van der Waals surface area contributed by atoms with E-state index in [-0.39, 0.29) is 6.54 Å². The molecule has 0 saturated carbocycles. The number of thioether (sulfide) groups is 1. The van der Waals surface area contributed by atoms with Crippen molar-refractivity contribution in [3.63, 3.8) is 0 Å². The molecular weight excluding hydrogens is 282 g/mol. The lowest BCUT2D eigenvalue weighted by molar-refractivity contribution is -0.137. The van der Waals surface area contributed by atoms with Crippen molar-refractivity contribution >= 4 is 28.9 Å². The molecule has 2 N–H and O–H groups in total. The minimum Gasteiger partial charge on any atom is -0.480 e. The summed E-state index contributed by atoms with van der Waals surface area (Å²) in [6, 6.07) is 0. The first-order chi connectivity index (χ1) is 9.72. The highest BCUT2D eigenvalue weighted by Gasteiger charge is 2.09. The van der Waals surface area contributed by atoms with Crippen LogP contribution in [-0.4, -0.2) is 46.0 Å². The molecule has 0 radical (unpaired) electrons. The van der Waals surface area contributed by atoms with Crippen LogP contribution in [0, 0.1) is 0 Å². The fraction of sp³-hybridized carbons (Fsp3) is 0.200. The van der Waals surface area contributed by atoms with Crippen LogP contribution in [0.15, 0.2) is 23.9 Å². The van der Waals surface area contributed by atoms with E-state index in [0.29, 0.717) is 17.1 Å². The van der Waals surface area contributed by atoms with E-state index in [1.54, 1.807) is 12.5 Å². The lowest BCUT2D eigenvalue weighted by Crippen LogP contribution is -2.08. The normalized spacial score (nSPS) is 11.0. The summed E-state index contributed by atoms with van der Waals surface area (Å²) in [4.78, 5) is 25.8. The van der Waals surface area contributed by atoms with Gasteiger partial charge in [-0.25, -0.2) is 19.6 Å². The second-order valence-corrected chi connectivity index (χ2v) is 4.83. The number of rotatable bonds is 5. The molecule has 0 aliphatic carbocycles. The van der Waals surface area contributed by atoms with E-state index in [1.165, 1.54) is 22.8 Å². The van der Waals surface area contributed by atoms with Crippen molar-refractivity contribution in [3.05, 3.63) is 24.5 Å². The molecule has 0 bridgehead atoms. The maximum absolute atomic E-state index is 10.6. The molecule has 20 heavy (non-hydrogen) atoms. The maximum Gasteiger partial charge on any atom is 0.325 e. The molecular formula is C10H9N7O2S. The average molecular weight is 291 g/mol. The molecule has 0 aromatic carbocycles. The number of carbonyl (C=O) groups is 1. The second kappa shape index (κ2) is 5.25. The summed E-state index contributed by atoms with van der Waals surface area (Å²) in [5, 5.41) is 17.1. The maximum atomic E-state index is 10.6. The minimum absolute atomic E-state index is 0.198. The molecule has 0 aliphatic rings. The standard InChI is InChI=1S/C10H9N7O2S/c18-7(19)2-17-1-6(15-16-17)3-20-10-8-9(12-4-11-8)13-5-14-10/h1,4-5H,2-3H2,(H,18,19)(H,11,12,13,14). The molecule has 102 valence electrons. The van der Waals surface area contributed by atoms with Crippen LogP contribution in [0.1, 0.15) is 5.69 Å². The summed E-state index contributed by atoms with van der Waals surface area (Å²) in [6.45, 7) is -0.198. The number of hydrogen-bond acceptors (Lipinski definition) is 7. The van der Waals surface area contributed by atoms with Gasteiger partial charge >= 0.3 is 5.97 Å². The van der Waals surface area contributed by atoms with Crippen molar-refractivity contribution in [3.8, 4) is 0 Å². The Morgan fingerprint density at radius 1 is 1.40 bits per heavy atom. The van der Waals surface area contributed by atoms with Crippen LogP contribution in [0.3, 0.4) is 0 Å².